The van der Waals surface area contributed by atoms with Gasteiger partial charge in [0.25, 0.3) is 0 Å². The average Bonchev–Trinajstić information content (AvgIpc) is 2.36. The molecule has 0 N–H and O–H groups in total. The van der Waals surface area contributed by atoms with Crippen molar-refractivity contribution in [1.29, 1.82) is 0 Å². The third kappa shape index (κ3) is 3.53. The van der Waals surface area contributed by atoms with Crippen LogP contribution in [-0.4, -0.2) is 22.0 Å². The third-order valence-corrected chi connectivity index (χ3v) is 1.41. The molecule has 1 aromatic heterocycles. The quantitative estimate of drug-likeness (QED) is 0.686. The molecule has 3 nitrogen and oxygen atoms in total. The molecule has 68 valence electrons. The van der Waals surface area contributed by atoms with Gasteiger partial charge in [-0.05, 0) is 26.8 Å². The Kier molecular flexibility index (Phi) is 2.87. The lowest BCUT2D eigenvalue weighted by Crippen LogP contribution is -2.21. The predicted molar refractivity (Wildman–Crippen MR) is 47.9 cm³/mol. The minimum absolute atomic E-state index is 0.0485. The lowest BCUT2D eigenvalue weighted by Gasteiger charge is -2.19. The average molecular weight is 168 g/mol. The van der Waals surface area contributed by atoms with Gasteiger partial charge in [-0.15, -0.1) is 0 Å². The zero-order valence-electron chi connectivity index (χ0n) is 7.95. The van der Waals surface area contributed by atoms with Crippen molar-refractivity contribution in [3.05, 3.63) is 18.5 Å². The van der Waals surface area contributed by atoms with Crippen molar-refractivity contribution in [2.75, 3.05) is 6.61 Å². The highest BCUT2D eigenvalue weighted by atomic mass is 16.5. The second kappa shape index (κ2) is 3.72. The van der Waals surface area contributed by atoms with E-state index < -0.39 is 0 Å². The summed E-state index contributed by atoms with van der Waals surface area (Å²) in [5.74, 6) is 0. The predicted octanol–water partition coefficient (Wildman–Crippen LogP) is 1.70. The van der Waals surface area contributed by atoms with E-state index in [0.29, 0.717) is 6.61 Å². The van der Waals surface area contributed by atoms with Crippen molar-refractivity contribution < 1.29 is 4.74 Å². The van der Waals surface area contributed by atoms with Gasteiger partial charge in [0.1, 0.15) is 0 Å². The van der Waals surface area contributed by atoms with Crippen molar-refractivity contribution >= 4 is 0 Å². The van der Waals surface area contributed by atoms with Gasteiger partial charge in [-0.25, -0.2) is 0 Å². The van der Waals surface area contributed by atoms with Gasteiger partial charge in [0.15, 0.2) is 0 Å². The van der Waals surface area contributed by atoms with Crippen molar-refractivity contribution in [2.24, 2.45) is 0 Å². The Hall–Kier alpha value is -0.830. The number of nitrogens with zero attached hydrogens (tertiary/aromatic N) is 2. The van der Waals surface area contributed by atoms with E-state index >= 15 is 0 Å². The van der Waals surface area contributed by atoms with E-state index in [4.69, 9.17) is 4.74 Å². The normalized spacial score (nSPS) is 11.9. The number of ether oxygens (including phenoxy) is 1. The molecule has 0 saturated heterocycles. The summed E-state index contributed by atoms with van der Waals surface area (Å²) in [6.45, 7) is 7.69. The second-order valence-electron chi connectivity index (χ2n) is 3.73. The minimum atomic E-state index is -0.0485. The maximum Gasteiger partial charge on any atom is 0.0669 e. The van der Waals surface area contributed by atoms with Crippen LogP contribution in [0.1, 0.15) is 20.8 Å². The van der Waals surface area contributed by atoms with Crippen LogP contribution in [0.2, 0.25) is 0 Å². The summed E-state index contributed by atoms with van der Waals surface area (Å²) >= 11 is 0. The summed E-state index contributed by atoms with van der Waals surface area (Å²) in [6, 6.07) is 1.91. The van der Waals surface area contributed by atoms with E-state index in [2.05, 4.69) is 25.9 Å². The Morgan fingerprint density at radius 2 is 2.17 bits per heavy atom. The molecule has 3 heteroatoms. The molecule has 1 rings (SSSR count). The van der Waals surface area contributed by atoms with Crippen LogP contribution < -0.4 is 0 Å². The topological polar surface area (TPSA) is 27.1 Å². The van der Waals surface area contributed by atoms with Gasteiger partial charge in [-0.1, -0.05) is 0 Å². The molecule has 0 bridgehead atoms. The first kappa shape index (κ1) is 9.26. The highest BCUT2D eigenvalue weighted by Crippen LogP contribution is 2.05. The summed E-state index contributed by atoms with van der Waals surface area (Å²) in [5.41, 5.74) is -0.0485. The number of hydrogen-bond acceptors (Lipinski definition) is 2. The van der Waals surface area contributed by atoms with Gasteiger partial charge in [0.05, 0.1) is 18.8 Å². The van der Waals surface area contributed by atoms with Gasteiger partial charge in [-0.3, -0.25) is 4.68 Å². The van der Waals surface area contributed by atoms with E-state index in [-0.39, 0.29) is 5.60 Å². The monoisotopic (exact) mass is 168 g/mol. The Morgan fingerprint density at radius 3 is 2.67 bits per heavy atom. The smallest absolute Gasteiger partial charge is 0.0669 e. The molecule has 12 heavy (non-hydrogen) atoms. The standard InChI is InChI=1S/C9H16N2O/c1-9(2,3)12-8-7-11-6-4-5-10-11/h4-6H,7-8H2,1-3H3. The zero-order valence-corrected chi connectivity index (χ0v) is 7.95. The molecule has 0 aliphatic rings. The Balaban J connectivity index is 2.20. The Morgan fingerprint density at radius 1 is 1.42 bits per heavy atom. The van der Waals surface area contributed by atoms with Crippen LogP contribution in [0.25, 0.3) is 0 Å². The van der Waals surface area contributed by atoms with Gasteiger partial charge < -0.3 is 4.74 Å². The molecule has 1 heterocycles. The van der Waals surface area contributed by atoms with E-state index in [1.165, 1.54) is 0 Å². The fraction of sp³-hybridized carbons (Fsp3) is 0.667. The van der Waals surface area contributed by atoms with Crippen LogP contribution in [0.5, 0.6) is 0 Å². The van der Waals surface area contributed by atoms with Crippen LogP contribution in [0.4, 0.5) is 0 Å². The highest BCUT2D eigenvalue weighted by molar-refractivity contribution is 4.77. The molecule has 0 saturated carbocycles. The molecule has 0 aliphatic carbocycles. The SMILES string of the molecule is CC(C)(C)OCCn1cccn1. The maximum absolute atomic E-state index is 5.54. The fourth-order valence-corrected chi connectivity index (χ4v) is 0.878. The van der Waals surface area contributed by atoms with Crippen molar-refractivity contribution in [2.45, 2.75) is 32.9 Å². The number of rotatable bonds is 3. The molecule has 0 amide bonds. The second-order valence-corrected chi connectivity index (χ2v) is 3.73. The van der Waals surface area contributed by atoms with Gasteiger partial charge in [-0.2, -0.15) is 5.10 Å². The van der Waals surface area contributed by atoms with Gasteiger partial charge in [0.2, 0.25) is 0 Å². The maximum atomic E-state index is 5.54. The van der Waals surface area contributed by atoms with Crippen molar-refractivity contribution in [3.8, 4) is 0 Å². The summed E-state index contributed by atoms with van der Waals surface area (Å²) in [4.78, 5) is 0. The molecule has 0 fully saturated rings. The first-order valence-corrected chi connectivity index (χ1v) is 4.19. The molecule has 1 aromatic rings. The highest BCUT2D eigenvalue weighted by Gasteiger charge is 2.08. The molecule has 0 atom stereocenters. The molecule has 0 aromatic carbocycles. The minimum Gasteiger partial charge on any atom is -0.374 e. The van der Waals surface area contributed by atoms with E-state index in [1.807, 2.05) is 16.9 Å². The molecular weight excluding hydrogens is 152 g/mol. The van der Waals surface area contributed by atoms with Crippen LogP contribution in [-0.2, 0) is 11.3 Å². The molecule has 0 radical (unpaired) electrons. The first-order valence-electron chi connectivity index (χ1n) is 4.19. The summed E-state index contributed by atoms with van der Waals surface area (Å²) in [7, 11) is 0. The van der Waals surface area contributed by atoms with Crippen LogP contribution >= 0.6 is 0 Å². The summed E-state index contributed by atoms with van der Waals surface area (Å²) in [5, 5.41) is 4.07. The lowest BCUT2D eigenvalue weighted by molar-refractivity contribution is -0.00789. The van der Waals surface area contributed by atoms with Crippen LogP contribution in [0, 0.1) is 0 Å². The molecule has 0 aliphatic heterocycles. The van der Waals surface area contributed by atoms with E-state index in [9.17, 15) is 0 Å². The molecular formula is C9H16N2O. The van der Waals surface area contributed by atoms with Crippen molar-refractivity contribution in [3.63, 3.8) is 0 Å². The number of aromatic nitrogens is 2. The largest absolute Gasteiger partial charge is 0.374 e. The van der Waals surface area contributed by atoms with E-state index in [1.54, 1.807) is 6.20 Å². The Labute approximate surface area is 73.3 Å². The van der Waals surface area contributed by atoms with Crippen molar-refractivity contribution in [1.82, 2.24) is 9.78 Å². The van der Waals surface area contributed by atoms with Gasteiger partial charge >= 0.3 is 0 Å². The first-order chi connectivity index (χ1) is 5.58. The summed E-state index contributed by atoms with van der Waals surface area (Å²) in [6.07, 6.45) is 3.71. The molecule has 0 unspecified atom stereocenters. The van der Waals surface area contributed by atoms with E-state index in [0.717, 1.165) is 6.54 Å². The zero-order chi connectivity index (χ0) is 9.03. The third-order valence-electron chi connectivity index (χ3n) is 1.41. The number of hydrogen-bond donors (Lipinski definition) is 0. The Bertz CT molecular complexity index is 211. The van der Waals surface area contributed by atoms with Gasteiger partial charge in [0, 0.05) is 12.4 Å². The lowest BCUT2D eigenvalue weighted by atomic mass is 10.2. The van der Waals surface area contributed by atoms with Crippen LogP contribution in [0.3, 0.4) is 0 Å². The fourth-order valence-electron chi connectivity index (χ4n) is 0.878. The summed E-state index contributed by atoms with van der Waals surface area (Å²) < 4.78 is 7.41. The van der Waals surface area contributed by atoms with Crippen LogP contribution in [0.15, 0.2) is 18.5 Å². The molecule has 0 spiro atoms.